The van der Waals surface area contributed by atoms with Crippen molar-refractivity contribution in [3.63, 3.8) is 0 Å². The molecule has 6 heteroatoms. The summed E-state index contributed by atoms with van der Waals surface area (Å²) in [5.74, 6) is 0.867. The van der Waals surface area contributed by atoms with Gasteiger partial charge in [0, 0.05) is 30.6 Å². The molecule has 0 aliphatic carbocycles. The van der Waals surface area contributed by atoms with Crippen molar-refractivity contribution in [3.8, 4) is 0 Å². The van der Waals surface area contributed by atoms with Crippen LogP contribution in [0.5, 0.6) is 0 Å². The molecule has 0 aromatic carbocycles. The fraction of sp³-hybridized carbons (Fsp3) is 0.706. The molecule has 1 aliphatic heterocycles. The van der Waals surface area contributed by atoms with Gasteiger partial charge in [0.15, 0.2) is 0 Å². The molecule has 0 saturated carbocycles. The Morgan fingerprint density at radius 1 is 1.35 bits per heavy atom. The highest BCUT2D eigenvalue weighted by molar-refractivity contribution is 5.67. The van der Waals surface area contributed by atoms with Crippen LogP contribution in [0.4, 0.5) is 10.6 Å². The first-order valence-electron chi connectivity index (χ1n) is 8.47. The third-order valence-corrected chi connectivity index (χ3v) is 4.62. The Morgan fingerprint density at radius 2 is 2.04 bits per heavy atom. The number of nitrogens with zero attached hydrogens (tertiary/aromatic N) is 3. The van der Waals surface area contributed by atoms with Crippen molar-refractivity contribution in [3.05, 3.63) is 18.1 Å². The summed E-state index contributed by atoms with van der Waals surface area (Å²) < 4.78 is 5.05. The van der Waals surface area contributed by atoms with Crippen LogP contribution in [0.15, 0.2) is 12.4 Å². The number of carbonyl (C=O) groups excluding carboxylic acids is 1. The first-order valence-corrected chi connectivity index (χ1v) is 8.47. The monoisotopic (exact) mass is 320 g/mol. The van der Waals surface area contributed by atoms with Crippen LogP contribution in [0, 0.1) is 0 Å². The highest BCUT2D eigenvalue weighted by Gasteiger charge is 2.24. The van der Waals surface area contributed by atoms with Crippen LogP contribution in [-0.2, 0) is 10.2 Å². The van der Waals surface area contributed by atoms with Gasteiger partial charge in [0.25, 0.3) is 0 Å². The lowest BCUT2D eigenvalue weighted by atomic mass is 9.86. The molecule has 0 spiro atoms. The number of piperidine rings is 1. The molecule has 1 aromatic rings. The molecule has 1 aromatic heterocycles. The zero-order chi connectivity index (χ0) is 16.9. The van der Waals surface area contributed by atoms with Crippen LogP contribution in [0.25, 0.3) is 0 Å². The molecule has 0 unspecified atom stereocenters. The van der Waals surface area contributed by atoms with Crippen molar-refractivity contribution in [2.24, 2.45) is 0 Å². The molecule has 2 heterocycles. The molecule has 1 saturated heterocycles. The largest absolute Gasteiger partial charge is 0.450 e. The van der Waals surface area contributed by atoms with Crippen LogP contribution in [-0.4, -0.2) is 46.7 Å². The maximum Gasteiger partial charge on any atom is 0.409 e. The van der Waals surface area contributed by atoms with E-state index in [1.165, 1.54) is 0 Å². The lowest BCUT2D eigenvalue weighted by Crippen LogP contribution is -2.42. The van der Waals surface area contributed by atoms with E-state index in [0.29, 0.717) is 12.6 Å². The molecule has 1 amide bonds. The number of hydrogen-bond acceptors (Lipinski definition) is 5. The molecule has 1 N–H and O–H groups in total. The van der Waals surface area contributed by atoms with Crippen molar-refractivity contribution >= 4 is 11.9 Å². The molecular formula is C17H28N4O2. The third-order valence-electron chi connectivity index (χ3n) is 4.62. The highest BCUT2D eigenvalue weighted by Crippen LogP contribution is 2.26. The van der Waals surface area contributed by atoms with Gasteiger partial charge in [0.1, 0.15) is 12.1 Å². The Hall–Kier alpha value is -1.85. The van der Waals surface area contributed by atoms with Gasteiger partial charge in [-0.15, -0.1) is 0 Å². The minimum atomic E-state index is -0.208. The Kier molecular flexibility index (Phi) is 5.80. The lowest BCUT2D eigenvalue weighted by molar-refractivity contribution is 0.0983. The fourth-order valence-electron chi connectivity index (χ4n) is 2.62. The second-order valence-electron chi connectivity index (χ2n) is 6.63. The smallest absolute Gasteiger partial charge is 0.409 e. The van der Waals surface area contributed by atoms with Crippen molar-refractivity contribution in [2.45, 2.75) is 58.4 Å². The van der Waals surface area contributed by atoms with Crippen molar-refractivity contribution in [1.29, 1.82) is 0 Å². The summed E-state index contributed by atoms with van der Waals surface area (Å²) in [6.45, 7) is 10.2. The van der Waals surface area contributed by atoms with Gasteiger partial charge >= 0.3 is 6.09 Å². The second kappa shape index (κ2) is 7.62. The molecule has 1 aliphatic rings. The predicted octanol–water partition coefficient (Wildman–Crippen LogP) is 3.20. The van der Waals surface area contributed by atoms with E-state index >= 15 is 0 Å². The van der Waals surface area contributed by atoms with E-state index in [-0.39, 0.29) is 11.5 Å². The predicted molar refractivity (Wildman–Crippen MR) is 90.6 cm³/mol. The summed E-state index contributed by atoms with van der Waals surface area (Å²) in [5, 5.41) is 3.48. The van der Waals surface area contributed by atoms with Gasteiger partial charge in [-0.1, -0.05) is 20.8 Å². The van der Waals surface area contributed by atoms with E-state index in [9.17, 15) is 4.79 Å². The minimum Gasteiger partial charge on any atom is -0.450 e. The molecular weight excluding hydrogens is 292 g/mol. The molecule has 2 rings (SSSR count). The number of aromatic nitrogens is 2. The molecule has 0 bridgehead atoms. The Balaban J connectivity index is 1.92. The molecule has 128 valence electrons. The van der Waals surface area contributed by atoms with Crippen LogP contribution < -0.4 is 5.32 Å². The fourth-order valence-corrected chi connectivity index (χ4v) is 2.62. The number of amides is 1. The summed E-state index contributed by atoms with van der Waals surface area (Å²) in [6.07, 6.45) is 4.24. The second-order valence-corrected chi connectivity index (χ2v) is 6.63. The average Bonchev–Trinajstić information content (AvgIpc) is 2.56. The molecule has 0 atom stereocenters. The van der Waals surface area contributed by atoms with Gasteiger partial charge in [-0.3, -0.25) is 0 Å². The molecule has 1 fully saturated rings. The van der Waals surface area contributed by atoms with Crippen molar-refractivity contribution < 1.29 is 9.53 Å². The van der Waals surface area contributed by atoms with Crippen LogP contribution in [0.1, 0.15) is 52.7 Å². The zero-order valence-electron chi connectivity index (χ0n) is 14.6. The van der Waals surface area contributed by atoms with Crippen LogP contribution in [0.2, 0.25) is 0 Å². The van der Waals surface area contributed by atoms with Gasteiger partial charge in [-0.05, 0) is 26.2 Å². The van der Waals surface area contributed by atoms with Crippen molar-refractivity contribution in [1.82, 2.24) is 14.9 Å². The van der Waals surface area contributed by atoms with Gasteiger partial charge < -0.3 is 15.0 Å². The topological polar surface area (TPSA) is 67.3 Å². The summed E-state index contributed by atoms with van der Waals surface area (Å²) >= 11 is 0. The quantitative estimate of drug-likeness (QED) is 0.902. The number of ether oxygens (including phenoxy) is 1. The summed E-state index contributed by atoms with van der Waals surface area (Å²) in [7, 11) is 0. The van der Waals surface area contributed by atoms with Crippen LogP contribution >= 0.6 is 0 Å². The van der Waals surface area contributed by atoms with Gasteiger partial charge in [-0.2, -0.15) is 0 Å². The number of nitrogens with one attached hydrogen (secondary N) is 1. The minimum absolute atomic E-state index is 0.0483. The van der Waals surface area contributed by atoms with E-state index in [0.717, 1.165) is 43.9 Å². The standard InChI is InChI=1S/C17H28N4O2/c1-5-17(3,4)14-11-15(19-12-18-14)20-13-7-9-21(10-8-13)16(22)23-6-2/h11-13H,5-10H2,1-4H3,(H,18,19,20). The lowest BCUT2D eigenvalue weighted by Gasteiger charge is -2.32. The normalized spacial score (nSPS) is 16.3. The molecule has 0 radical (unpaired) electrons. The van der Waals surface area contributed by atoms with Gasteiger partial charge in [0.05, 0.1) is 12.3 Å². The Labute approximate surface area is 138 Å². The first kappa shape index (κ1) is 17.5. The number of likely N-dealkylation sites (tertiary alicyclic amines) is 1. The highest BCUT2D eigenvalue weighted by atomic mass is 16.6. The van der Waals surface area contributed by atoms with Gasteiger partial charge in [0.2, 0.25) is 0 Å². The third kappa shape index (κ3) is 4.56. The van der Waals surface area contributed by atoms with Crippen molar-refractivity contribution in [2.75, 3.05) is 25.0 Å². The molecule has 23 heavy (non-hydrogen) atoms. The maximum absolute atomic E-state index is 11.7. The Morgan fingerprint density at radius 3 is 2.65 bits per heavy atom. The average molecular weight is 320 g/mol. The summed E-state index contributed by atoms with van der Waals surface area (Å²) in [4.78, 5) is 22.2. The van der Waals surface area contributed by atoms with E-state index in [1.807, 2.05) is 13.0 Å². The zero-order valence-corrected chi connectivity index (χ0v) is 14.6. The number of rotatable bonds is 5. The van der Waals surface area contributed by atoms with E-state index in [1.54, 1.807) is 11.2 Å². The number of carbonyl (C=O) groups is 1. The van der Waals surface area contributed by atoms with Gasteiger partial charge in [-0.25, -0.2) is 14.8 Å². The van der Waals surface area contributed by atoms with E-state index in [4.69, 9.17) is 4.74 Å². The Bertz CT molecular complexity index is 525. The molecule has 6 nitrogen and oxygen atoms in total. The number of anilines is 1. The summed E-state index contributed by atoms with van der Waals surface area (Å²) in [6, 6.07) is 2.37. The van der Waals surface area contributed by atoms with E-state index in [2.05, 4.69) is 36.1 Å². The van der Waals surface area contributed by atoms with Crippen LogP contribution in [0.3, 0.4) is 0 Å². The maximum atomic E-state index is 11.7. The SMILES string of the molecule is CCOC(=O)N1CCC(Nc2cc(C(C)(C)CC)ncn2)CC1. The number of hydrogen-bond donors (Lipinski definition) is 1. The first-order chi connectivity index (χ1) is 11.0. The summed E-state index contributed by atoms with van der Waals surface area (Å²) in [5.41, 5.74) is 1.11. The van der Waals surface area contributed by atoms with E-state index < -0.39 is 0 Å².